The zero-order chi connectivity index (χ0) is 22.0. The Bertz CT molecular complexity index is 1160. The lowest BCUT2D eigenvalue weighted by Gasteiger charge is -2.30. The number of pyridine rings is 1. The minimum absolute atomic E-state index is 0.224. The van der Waals surface area contributed by atoms with Crippen LogP contribution in [0.1, 0.15) is 39.9 Å². The van der Waals surface area contributed by atoms with Crippen LogP contribution in [0.3, 0.4) is 0 Å². The molecule has 1 aliphatic rings. The molecule has 160 valence electrons. The molecule has 1 atom stereocenters. The van der Waals surface area contributed by atoms with Gasteiger partial charge in [0.05, 0.1) is 19.2 Å². The number of hydrogen-bond donors (Lipinski definition) is 0. The zero-order valence-corrected chi connectivity index (χ0v) is 16.9. The topological polar surface area (TPSA) is 57.5 Å². The highest BCUT2D eigenvalue weighted by atomic mass is 19.1. The third kappa shape index (κ3) is 4.01. The molecule has 1 fully saturated rings. The summed E-state index contributed by atoms with van der Waals surface area (Å²) >= 11 is 0. The molecule has 0 aliphatic carbocycles. The highest BCUT2D eigenvalue weighted by Crippen LogP contribution is 2.42. The summed E-state index contributed by atoms with van der Waals surface area (Å²) in [6.07, 6.45) is 2.83. The predicted molar refractivity (Wildman–Crippen MR) is 110 cm³/mol. The maximum atomic E-state index is 14.6. The van der Waals surface area contributed by atoms with Crippen LogP contribution in [0.25, 0.3) is 0 Å². The average molecular weight is 425 g/mol. The SMILES string of the molecule is COC(=O)c1ccc(Cn2ccc(C3(c4ccc(F)cc4F)CCCO3)cc2=O)cc1. The van der Waals surface area contributed by atoms with Crippen molar-refractivity contribution in [2.75, 3.05) is 13.7 Å². The molecule has 2 aromatic carbocycles. The van der Waals surface area contributed by atoms with E-state index in [4.69, 9.17) is 4.74 Å². The van der Waals surface area contributed by atoms with Crippen molar-refractivity contribution >= 4 is 5.97 Å². The summed E-state index contributed by atoms with van der Waals surface area (Å²) in [5.74, 6) is -1.79. The number of carbonyl (C=O) groups excluding carboxylic acids is 1. The van der Waals surface area contributed by atoms with E-state index in [1.54, 1.807) is 36.5 Å². The summed E-state index contributed by atoms with van der Waals surface area (Å²) in [5.41, 5.74) is 0.638. The van der Waals surface area contributed by atoms with Crippen molar-refractivity contribution in [2.45, 2.75) is 25.0 Å². The van der Waals surface area contributed by atoms with E-state index in [-0.39, 0.29) is 11.1 Å². The van der Waals surface area contributed by atoms with E-state index in [9.17, 15) is 18.4 Å². The number of ether oxygens (including phenoxy) is 2. The molecule has 2 heterocycles. The lowest BCUT2D eigenvalue weighted by molar-refractivity contribution is 0.0327. The molecule has 3 aromatic rings. The van der Waals surface area contributed by atoms with Crippen molar-refractivity contribution in [3.63, 3.8) is 0 Å². The van der Waals surface area contributed by atoms with Gasteiger partial charge in [-0.1, -0.05) is 12.1 Å². The van der Waals surface area contributed by atoms with E-state index in [2.05, 4.69) is 4.74 Å². The molecule has 0 N–H and O–H groups in total. The molecule has 31 heavy (non-hydrogen) atoms. The van der Waals surface area contributed by atoms with E-state index in [0.29, 0.717) is 37.1 Å². The molecule has 5 nitrogen and oxygen atoms in total. The van der Waals surface area contributed by atoms with Gasteiger partial charge in [-0.15, -0.1) is 0 Å². The van der Waals surface area contributed by atoms with Gasteiger partial charge >= 0.3 is 5.97 Å². The second-order valence-corrected chi connectivity index (χ2v) is 7.47. The van der Waals surface area contributed by atoms with E-state index in [0.717, 1.165) is 11.6 Å². The molecule has 1 aromatic heterocycles. The fraction of sp³-hybridized carbons (Fsp3) is 0.250. The smallest absolute Gasteiger partial charge is 0.337 e. The Balaban J connectivity index is 1.64. The largest absolute Gasteiger partial charge is 0.465 e. The molecule has 7 heteroatoms. The molecular formula is C24H21F2NO4. The van der Waals surface area contributed by atoms with Crippen LogP contribution in [-0.2, 0) is 21.6 Å². The van der Waals surface area contributed by atoms with Crippen LogP contribution >= 0.6 is 0 Å². The van der Waals surface area contributed by atoms with Gasteiger partial charge in [0.25, 0.3) is 5.56 Å². The first kappa shape index (κ1) is 20.9. The van der Waals surface area contributed by atoms with Crippen LogP contribution in [0.5, 0.6) is 0 Å². The van der Waals surface area contributed by atoms with Gasteiger partial charge in [-0.05, 0) is 54.3 Å². The number of hydrogen-bond acceptors (Lipinski definition) is 4. The van der Waals surface area contributed by atoms with Gasteiger partial charge in [-0.3, -0.25) is 4.79 Å². The molecule has 1 saturated heterocycles. The van der Waals surface area contributed by atoms with Crippen molar-refractivity contribution in [3.8, 4) is 0 Å². The van der Waals surface area contributed by atoms with Crippen LogP contribution in [0.15, 0.2) is 65.6 Å². The third-order valence-electron chi connectivity index (χ3n) is 5.58. The number of benzene rings is 2. The number of carbonyl (C=O) groups is 1. The van der Waals surface area contributed by atoms with Gasteiger partial charge in [-0.25, -0.2) is 13.6 Å². The fourth-order valence-electron chi connectivity index (χ4n) is 4.00. The highest BCUT2D eigenvalue weighted by molar-refractivity contribution is 5.89. The Morgan fingerprint density at radius 3 is 2.52 bits per heavy atom. The normalized spacial score (nSPS) is 18.2. The van der Waals surface area contributed by atoms with E-state index < -0.39 is 23.2 Å². The van der Waals surface area contributed by atoms with Gasteiger partial charge in [0.15, 0.2) is 0 Å². The number of aromatic nitrogens is 1. The van der Waals surface area contributed by atoms with Gasteiger partial charge in [0.2, 0.25) is 0 Å². The Morgan fingerprint density at radius 2 is 1.90 bits per heavy atom. The standard InChI is InChI=1S/C24H21F2NO4/c1-30-23(29)17-5-3-16(4-6-17)15-27-11-9-18(13-22(27)28)24(10-2-12-31-24)20-8-7-19(25)14-21(20)26/h3-9,11,13-14H,2,10,12,15H2,1H3. The van der Waals surface area contributed by atoms with E-state index in [1.165, 1.54) is 29.9 Å². The van der Waals surface area contributed by atoms with Crippen molar-refractivity contribution < 1.29 is 23.0 Å². The van der Waals surface area contributed by atoms with Gasteiger partial charge in [0, 0.05) is 30.5 Å². The van der Waals surface area contributed by atoms with Crippen LogP contribution in [0.2, 0.25) is 0 Å². The van der Waals surface area contributed by atoms with Gasteiger partial charge < -0.3 is 14.0 Å². The molecule has 1 aliphatic heterocycles. The summed E-state index contributed by atoms with van der Waals surface area (Å²) < 4.78 is 40.1. The minimum atomic E-state index is -1.11. The zero-order valence-electron chi connectivity index (χ0n) is 16.9. The number of rotatable bonds is 5. The van der Waals surface area contributed by atoms with Crippen LogP contribution in [-0.4, -0.2) is 24.3 Å². The van der Waals surface area contributed by atoms with E-state index >= 15 is 0 Å². The van der Waals surface area contributed by atoms with Crippen molar-refractivity contribution in [1.82, 2.24) is 4.57 Å². The first-order valence-electron chi connectivity index (χ1n) is 9.91. The number of halogens is 2. The summed E-state index contributed by atoms with van der Waals surface area (Å²) in [4.78, 5) is 24.4. The molecule has 1 unspecified atom stereocenters. The average Bonchev–Trinajstić information content (AvgIpc) is 3.26. The van der Waals surface area contributed by atoms with Gasteiger partial charge in [0.1, 0.15) is 17.2 Å². The number of methoxy groups -OCH3 is 1. The lowest BCUT2D eigenvalue weighted by Crippen LogP contribution is -2.31. The van der Waals surface area contributed by atoms with Crippen LogP contribution < -0.4 is 5.56 Å². The van der Waals surface area contributed by atoms with E-state index in [1.807, 2.05) is 0 Å². The second kappa shape index (κ2) is 8.43. The predicted octanol–water partition coefficient (Wildman–Crippen LogP) is 4.02. The Kier molecular flexibility index (Phi) is 5.69. The first-order chi connectivity index (χ1) is 14.9. The maximum absolute atomic E-state index is 14.6. The van der Waals surface area contributed by atoms with Crippen molar-refractivity contribution in [1.29, 1.82) is 0 Å². The quantitative estimate of drug-likeness (QED) is 0.580. The second-order valence-electron chi connectivity index (χ2n) is 7.47. The summed E-state index contributed by atoms with van der Waals surface area (Å²) in [6, 6.07) is 13.4. The molecule has 0 amide bonds. The Hall–Kier alpha value is -3.32. The van der Waals surface area contributed by atoms with Crippen molar-refractivity contribution in [3.05, 3.63) is 105 Å². The minimum Gasteiger partial charge on any atom is -0.465 e. The summed E-state index contributed by atoms with van der Waals surface area (Å²) in [7, 11) is 1.32. The maximum Gasteiger partial charge on any atom is 0.337 e. The molecule has 0 saturated carbocycles. The van der Waals surface area contributed by atoms with Crippen molar-refractivity contribution in [2.24, 2.45) is 0 Å². The highest BCUT2D eigenvalue weighted by Gasteiger charge is 2.41. The van der Waals surface area contributed by atoms with Crippen LogP contribution in [0.4, 0.5) is 8.78 Å². The third-order valence-corrected chi connectivity index (χ3v) is 5.58. The molecule has 0 spiro atoms. The monoisotopic (exact) mass is 425 g/mol. The molecular weight excluding hydrogens is 404 g/mol. The Labute approximate surface area is 177 Å². The molecule has 0 bridgehead atoms. The molecule has 4 rings (SSSR count). The summed E-state index contributed by atoms with van der Waals surface area (Å²) in [5, 5.41) is 0. The summed E-state index contributed by atoms with van der Waals surface area (Å²) in [6.45, 7) is 0.728. The Morgan fingerprint density at radius 1 is 1.13 bits per heavy atom. The molecule has 0 radical (unpaired) electrons. The van der Waals surface area contributed by atoms with Gasteiger partial charge in [-0.2, -0.15) is 0 Å². The van der Waals surface area contributed by atoms with Crippen LogP contribution in [0, 0.1) is 11.6 Å². The lowest BCUT2D eigenvalue weighted by atomic mass is 9.84. The number of nitrogens with zero attached hydrogens (tertiary/aromatic N) is 1. The fourth-order valence-corrected chi connectivity index (χ4v) is 4.00. The number of esters is 1. The first-order valence-corrected chi connectivity index (χ1v) is 9.91.